The summed E-state index contributed by atoms with van der Waals surface area (Å²) in [6, 6.07) is -0.595. The number of rotatable bonds is 6. The molecule has 5 heteroatoms. The van der Waals surface area contributed by atoms with E-state index in [9.17, 15) is 9.59 Å². The van der Waals surface area contributed by atoms with Crippen molar-refractivity contribution in [3.05, 3.63) is 0 Å². The molecule has 1 aliphatic rings. The Morgan fingerprint density at radius 2 is 1.79 bits per heavy atom. The van der Waals surface area contributed by atoms with Crippen molar-refractivity contribution in [3.63, 3.8) is 0 Å². The van der Waals surface area contributed by atoms with Crippen LogP contribution in [-0.4, -0.2) is 35.6 Å². The first-order chi connectivity index (χ1) is 9.04. The second-order valence-electron chi connectivity index (χ2n) is 5.49. The number of carbonyl (C=O) groups is 2. The van der Waals surface area contributed by atoms with Gasteiger partial charge >= 0.3 is 0 Å². The average molecular weight is 270 g/mol. The van der Waals surface area contributed by atoms with E-state index in [4.69, 9.17) is 5.11 Å². The Balaban J connectivity index is 2.34. The highest BCUT2D eigenvalue weighted by molar-refractivity contribution is 5.88. The maximum Gasteiger partial charge on any atom is 0.242 e. The summed E-state index contributed by atoms with van der Waals surface area (Å²) in [5.74, 6) is -0.124. The normalized spacial score (nSPS) is 19.5. The molecule has 1 aliphatic carbocycles. The molecule has 0 bridgehead atoms. The van der Waals surface area contributed by atoms with Crippen molar-refractivity contribution in [1.29, 1.82) is 0 Å². The standard InChI is InChI=1S/C14H26N2O3/c1-10(8-9-17)15-13(18)11(2)16-14(19)12-6-4-3-5-7-12/h10-12,17H,3-9H2,1-2H3,(H,15,18)(H,16,19). The fourth-order valence-electron chi connectivity index (χ4n) is 2.40. The van der Waals surface area contributed by atoms with Crippen LogP contribution in [0.25, 0.3) is 0 Å². The third-order valence-corrected chi connectivity index (χ3v) is 3.68. The highest BCUT2D eigenvalue weighted by atomic mass is 16.3. The van der Waals surface area contributed by atoms with E-state index in [1.165, 1.54) is 6.42 Å². The van der Waals surface area contributed by atoms with Crippen molar-refractivity contribution in [2.45, 2.75) is 64.5 Å². The fraction of sp³-hybridized carbons (Fsp3) is 0.857. The Bertz CT molecular complexity index is 301. The van der Waals surface area contributed by atoms with Crippen LogP contribution in [0.1, 0.15) is 52.4 Å². The molecule has 2 amide bonds. The van der Waals surface area contributed by atoms with Crippen LogP contribution in [-0.2, 0) is 9.59 Å². The number of carbonyl (C=O) groups excluding carboxylic acids is 2. The number of nitrogens with one attached hydrogen (secondary N) is 2. The summed E-state index contributed by atoms with van der Waals surface area (Å²) in [6.45, 7) is 3.58. The molecule has 1 fully saturated rings. The number of hydrogen-bond donors (Lipinski definition) is 3. The van der Waals surface area contributed by atoms with E-state index >= 15 is 0 Å². The van der Waals surface area contributed by atoms with E-state index < -0.39 is 6.04 Å². The first-order valence-corrected chi connectivity index (χ1v) is 7.26. The summed E-state index contributed by atoms with van der Waals surface area (Å²) in [6.07, 6.45) is 5.80. The zero-order valence-electron chi connectivity index (χ0n) is 11.9. The van der Waals surface area contributed by atoms with E-state index in [0.29, 0.717) is 6.42 Å². The van der Waals surface area contributed by atoms with Gasteiger partial charge in [0.1, 0.15) is 6.04 Å². The van der Waals surface area contributed by atoms with E-state index in [2.05, 4.69) is 10.6 Å². The topological polar surface area (TPSA) is 78.4 Å². The first kappa shape index (κ1) is 16.0. The quantitative estimate of drug-likeness (QED) is 0.672. The van der Waals surface area contributed by atoms with Gasteiger partial charge in [0.2, 0.25) is 11.8 Å². The van der Waals surface area contributed by atoms with Gasteiger partial charge in [-0.05, 0) is 33.1 Å². The summed E-state index contributed by atoms with van der Waals surface area (Å²) >= 11 is 0. The molecule has 0 aromatic rings. The Morgan fingerprint density at radius 3 is 2.37 bits per heavy atom. The third kappa shape index (κ3) is 5.59. The number of aliphatic hydroxyl groups excluding tert-OH is 1. The molecule has 2 unspecified atom stereocenters. The molecule has 0 radical (unpaired) electrons. The molecule has 1 saturated carbocycles. The molecular formula is C14H26N2O3. The van der Waals surface area contributed by atoms with Crippen LogP contribution in [0.3, 0.4) is 0 Å². The van der Waals surface area contributed by atoms with Gasteiger partial charge in [-0.25, -0.2) is 0 Å². The largest absolute Gasteiger partial charge is 0.396 e. The lowest BCUT2D eigenvalue weighted by molar-refractivity contribution is -0.131. The Kier molecular flexibility index (Phi) is 6.84. The number of aliphatic hydroxyl groups is 1. The lowest BCUT2D eigenvalue weighted by atomic mass is 9.88. The van der Waals surface area contributed by atoms with Crippen LogP contribution in [0.4, 0.5) is 0 Å². The van der Waals surface area contributed by atoms with Gasteiger partial charge in [-0.1, -0.05) is 19.3 Å². The van der Waals surface area contributed by atoms with Gasteiger partial charge in [0.05, 0.1) is 0 Å². The molecule has 2 atom stereocenters. The van der Waals surface area contributed by atoms with E-state index in [0.717, 1.165) is 25.7 Å². The first-order valence-electron chi connectivity index (χ1n) is 7.26. The predicted octanol–water partition coefficient (Wildman–Crippen LogP) is 0.958. The minimum atomic E-state index is -0.518. The van der Waals surface area contributed by atoms with E-state index in [-0.39, 0.29) is 30.4 Å². The van der Waals surface area contributed by atoms with Crippen LogP contribution in [0, 0.1) is 5.92 Å². The lowest BCUT2D eigenvalue weighted by Gasteiger charge is -2.23. The molecule has 0 aliphatic heterocycles. The summed E-state index contributed by atoms with van der Waals surface area (Å²) in [7, 11) is 0. The molecular weight excluding hydrogens is 244 g/mol. The van der Waals surface area contributed by atoms with Gasteiger partial charge in [0, 0.05) is 18.6 Å². The van der Waals surface area contributed by atoms with Crippen molar-refractivity contribution >= 4 is 11.8 Å². The molecule has 0 aromatic heterocycles. The zero-order valence-corrected chi connectivity index (χ0v) is 11.9. The Hall–Kier alpha value is -1.10. The van der Waals surface area contributed by atoms with Crippen LogP contribution in [0.15, 0.2) is 0 Å². The molecule has 110 valence electrons. The lowest BCUT2D eigenvalue weighted by Crippen LogP contribution is -2.49. The molecule has 19 heavy (non-hydrogen) atoms. The molecule has 0 saturated heterocycles. The Labute approximate surface area is 115 Å². The van der Waals surface area contributed by atoms with Gasteiger partial charge in [-0.15, -0.1) is 0 Å². The van der Waals surface area contributed by atoms with E-state index in [1.807, 2.05) is 6.92 Å². The highest BCUT2D eigenvalue weighted by Crippen LogP contribution is 2.23. The molecule has 5 nitrogen and oxygen atoms in total. The maximum absolute atomic E-state index is 12.0. The minimum absolute atomic E-state index is 0.00263. The summed E-state index contributed by atoms with van der Waals surface area (Å²) in [4.78, 5) is 23.8. The smallest absolute Gasteiger partial charge is 0.242 e. The maximum atomic E-state index is 12.0. The molecule has 0 heterocycles. The monoisotopic (exact) mass is 270 g/mol. The second kappa shape index (κ2) is 8.15. The molecule has 1 rings (SSSR count). The van der Waals surface area contributed by atoms with E-state index in [1.54, 1.807) is 6.92 Å². The summed E-state index contributed by atoms with van der Waals surface area (Å²) in [5, 5.41) is 14.3. The number of hydrogen-bond acceptors (Lipinski definition) is 3. The van der Waals surface area contributed by atoms with Gasteiger partial charge in [0.15, 0.2) is 0 Å². The van der Waals surface area contributed by atoms with Gasteiger partial charge in [-0.2, -0.15) is 0 Å². The molecule has 3 N–H and O–H groups in total. The highest BCUT2D eigenvalue weighted by Gasteiger charge is 2.24. The fourth-order valence-corrected chi connectivity index (χ4v) is 2.40. The number of amides is 2. The van der Waals surface area contributed by atoms with Crippen molar-refractivity contribution in [2.75, 3.05) is 6.61 Å². The van der Waals surface area contributed by atoms with Crippen LogP contribution < -0.4 is 10.6 Å². The third-order valence-electron chi connectivity index (χ3n) is 3.68. The summed E-state index contributed by atoms with van der Waals surface area (Å²) < 4.78 is 0. The van der Waals surface area contributed by atoms with Crippen molar-refractivity contribution in [2.24, 2.45) is 5.92 Å². The second-order valence-corrected chi connectivity index (χ2v) is 5.49. The van der Waals surface area contributed by atoms with Gasteiger partial charge < -0.3 is 15.7 Å². The summed E-state index contributed by atoms with van der Waals surface area (Å²) in [5.41, 5.74) is 0. The van der Waals surface area contributed by atoms with Gasteiger partial charge in [-0.3, -0.25) is 9.59 Å². The van der Waals surface area contributed by atoms with Crippen LogP contribution in [0.5, 0.6) is 0 Å². The van der Waals surface area contributed by atoms with Crippen molar-refractivity contribution < 1.29 is 14.7 Å². The average Bonchev–Trinajstić information content (AvgIpc) is 2.39. The predicted molar refractivity (Wildman–Crippen MR) is 73.5 cm³/mol. The van der Waals surface area contributed by atoms with Crippen molar-refractivity contribution in [3.8, 4) is 0 Å². The Morgan fingerprint density at radius 1 is 1.16 bits per heavy atom. The van der Waals surface area contributed by atoms with Gasteiger partial charge in [0.25, 0.3) is 0 Å². The minimum Gasteiger partial charge on any atom is -0.396 e. The SMILES string of the molecule is CC(CCO)NC(=O)C(C)NC(=O)C1CCCCC1. The van der Waals surface area contributed by atoms with Crippen LogP contribution >= 0.6 is 0 Å². The van der Waals surface area contributed by atoms with Crippen LogP contribution in [0.2, 0.25) is 0 Å². The zero-order chi connectivity index (χ0) is 14.3. The molecule has 0 aromatic carbocycles. The molecule has 0 spiro atoms. The van der Waals surface area contributed by atoms with Crippen molar-refractivity contribution in [1.82, 2.24) is 10.6 Å².